The first-order valence-corrected chi connectivity index (χ1v) is 7.31. The van der Waals surface area contributed by atoms with Crippen LogP contribution in [0, 0.1) is 0 Å². The lowest BCUT2D eigenvalue weighted by molar-refractivity contribution is 0.337. The molecule has 5 heteroatoms. The molecular weight excluding hydrogens is 238 g/mol. The van der Waals surface area contributed by atoms with Crippen molar-refractivity contribution in [1.29, 1.82) is 0 Å². The molecule has 0 heterocycles. The Morgan fingerprint density at radius 2 is 2.00 bits per heavy atom. The third kappa shape index (κ3) is 3.63. The zero-order valence-electron chi connectivity index (χ0n) is 10.4. The molecule has 0 aromatic heterocycles. The maximum atomic E-state index is 11.9. The average molecular weight is 257 g/mol. The van der Waals surface area contributed by atoms with Crippen molar-refractivity contribution < 1.29 is 13.2 Å². The Morgan fingerprint density at radius 3 is 2.53 bits per heavy atom. The van der Waals surface area contributed by atoms with Crippen molar-refractivity contribution in [2.75, 3.05) is 12.3 Å². The predicted octanol–water partition coefficient (Wildman–Crippen LogP) is 1.99. The summed E-state index contributed by atoms with van der Waals surface area (Å²) < 4.78 is 29.1. The summed E-state index contributed by atoms with van der Waals surface area (Å²) in [6.45, 7) is 5.69. The van der Waals surface area contributed by atoms with Crippen LogP contribution in [0.4, 0.5) is 5.69 Å². The highest BCUT2D eigenvalue weighted by molar-refractivity contribution is 7.91. The van der Waals surface area contributed by atoms with E-state index in [1.54, 1.807) is 32.0 Å². The predicted molar refractivity (Wildman–Crippen MR) is 69.8 cm³/mol. The average Bonchev–Trinajstić information content (AvgIpc) is 2.21. The Hall–Kier alpha value is -1.23. The van der Waals surface area contributed by atoms with Gasteiger partial charge in [0, 0.05) is 11.3 Å². The molecule has 0 saturated carbocycles. The molecule has 0 radical (unpaired) electrons. The summed E-state index contributed by atoms with van der Waals surface area (Å²) in [5.74, 6) is 0.552. The molecule has 1 rings (SSSR count). The maximum absolute atomic E-state index is 11.9. The summed E-state index contributed by atoms with van der Waals surface area (Å²) in [4.78, 5) is 0. The van der Waals surface area contributed by atoms with E-state index >= 15 is 0 Å². The van der Waals surface area contributed by atoms with Crippen molar-refractivity contribution in [3.63, 3.8) is 0 Å². The molecule has 4 nitrogen and oxygen atoms in total. The fourth-order valence-corrected chi connectivity index (χ4v) is 2.38. The number of anilines is 1. The normalized spacial score (nSPS) is 11.8. The summed E-state index contributed by atoms with van der Waals surface area (Å²) in [6.07, 6.45) is 0. The Kier molecular flexibility index (Phi) is 4.40. The lowest BCUT2D eigenvalue weighted by atomic mass is 10.2. The first kappa shape index (κ1) is 13.8. The minimum Gasteiger partial charge on any atom is -0.494 e. The first-order chi connectivity index (χ1) is 7.86. The van der Waals surface area contributed by atoms with Gasteiger partial charge in [-0.05, 0) is 39.0 Å². The van der Waals surface area contributed by atoms with Gasteiger partial charge in [0.05, 0.1) is 17.6 Å². The molecule has 96 valence electrons. The van der Waals surface area contributed by atoms with E-state index < -0.39 is 15.1 Å². The van der Waals surface area contributed by atoms with E-state index in [4.69, 9.17) is 10.5 Å². The van der Waals surface area contributed by atoms with Crippen LogP contribution in [0.15, 0.2) is 18.2 Å². The maximum Gasteiger partial charge on any atom is 0.156 e. The Morgan fingerprint density at radius 1 is 1.35 bits per heavy atom. The first-order valence-electron chi connectivity index (χ1n) is 5.59. The summed E-state index contributed by atoms with van der Waals surface area (Å²) in [6, 6.07) is 5.07. The van der Waals surface area contributed by atoms with Gasteiger partial charge in [0.25, 0.3) is 0 Å². The fourth-order valence-electron chi connectivity index (χ4n) is 1.39. The molecule has 0 amide bonds. The molecule has 0 fully saturated rings. The number of hydrogen-bond acceptors (Lipinski definition) is 4. The molecule has 2 N–H and O–H groups in total. The lowest BCUT2D eigenvalue weighted by Crippen LogP contribution is -2.16. The van der Waals surface area contributed by atoms with Gasteiger partial charge in [-0.2, -0.15) is 0 Å². The molecule has 17 heavy (non-hydrogen) atoms. The second-order valence-electron chi connectivity index (χ2n) is 4.16. The van der Waals surface area contributed by atoms with Crippen molar-refractivity contribution in [3.05, 3.63) is 23.8 Å². The van der Waals surface area contributed by atoms with Crippen LogP contribution in [0.2, 0.25) is 0 Å². The summed E-state index contributed by atoms with van der Waals surface area (Å²) in [7, 11) is -3.14. The number of nitrogen functional groups attached to an aromatic ring is 1. The minimum atomic E-state index is -3.14. The third-order valence-electron chi connectivity index (χ3n) is 2.46. The van der Waals surface area contributed by atoms with Gasteiger partial charge in [0.2, 0.25) is 0 Å². The minimum absolute atomic E-state index is 0.0367. The van der Waals surface area contributed by atoms with Crippen LogP contribution in [0.5, 0.6) is 5.75 Å². The van der Waals surface area contributed by atoms with Crippen LogP contribution in [-0.2, 0) is 15.6 Å². The number of ether oxygens (including phenoxy) is 1. The number of nitrogens with two attached hydrogens (primary N) is 1. The molecule has 0 unspecified atom stereocenters. The topological polar surface area (TPSA) is 69.4 Å². The summed E-state index contributed by atoms with van der Waals surface area (Å²) in [5.41, 5.74) is 6.84. The molecule has 1 aromatic carbocycles. The quantitative estimate of drug-likeness (QED) is 0.819. The largest absolute Gasteiger partial charge is 0.494 e. The Bertz CT molecular complexity index is 481. The molecule has 0 aliphatic rings. The van der Waals surface area contributed by atoms with E-state index in [-0.39, 0.29) is 5.75 Å². The highest BCUT2D eigenvalue weighted by Crippen LogP contribution is 2.24. The van der Waals surface area contributed by atoms with Crippen LogP contribution in [-0.4, -0.2) is 20.3 Å². The SMILES string of the molecule is CCOc1ccc(N)cc1CS(=O)(=O)C(C)C. The smallest absolute Gasteiger partial charge is 0.156 e. The van der Waals surface area contributed by atoms with Crippen molar-refractivity contribution >= 4 is 15.5 Å². The summed E-state index contributed by atoms with van der Waals surface area (Å²) >= 11 is 0. The number of hydrogen-bond donors (Lipinski definition) is 1. The zero-order chi connectivity index (χ0) is 13.1. The van der Waals surface area contributed by atoms with E-state index in [1.807, 2.05) is 6.92 Å². The Balaban J connectivity index is 3.08. The van der Waals surface area contributed by atoms with Crippen LogP contribution in [0.3, 0.4) is 0 Å². The van der Waals surface area contributed by atoms with Gasteiger partial charge in [-0.15, -0.1) is 0 Å². The third-order valence-corrected chi connectivity index (χ3v) is 4.61. The van der Waals surface area contributed by atoms with E-state index in [0.717, 1.165) is 0 Å². The number of sulfone groups is 1. The van der Waals surface area contributed by atoms with Crippen LogP contribution < -0.4 is 10.5 Å². The number of rotatable bonds is 5. The van der Waals surface area contributed by atoms with Gasteiger partial charge in [-0.3, -0.25) is 0 Å². The van der Waals surface area contributed by atoms with Crippen molar-refractivity contribution in [2.24, 2.45) is 0 Å². The van der Waals surface area contributed by atoms with Gasteiger partial charge >= 0.3 is 0 Å². The molecule has 0 aliphatic carbocycles. The van der Waals surface area contributed by atoms with Crippen LogP contribution >= 0.6 is 0 Å². The van der Waals surface area contributed by atoms with Gasteiger partial charge in [-0.25, -0.2) is 8.42 Å². The monoisotopic (exact) mass is 257 g/mol. The second-order valence-corrected chi connectivity index (χ2v) is 6.71. The van der Waals surface area contributed by atoms with Crippen LogP contribution in [0.1, 0.15) is 26.3 Å². The van der Waals surface area contributed by atoms with Crippen molar-refractivity contribution in [3.8, 4) is 5.75 Å². The highest BCUT2D eigenvalue weighted by Gasteiger charge is 2.19. The van der Waals surface area contributed by atoms with Gasteiger partial charge in [-0.1, -0.05) is 0 Å². The van der Waals surface area contributed by atoms with Gasteiger partial charge in [0.1, 0.15) is 5.75 Å². The van der Waals surface area contributed by atoms with Crippen LogP contribution in [0.25, 0.3) is 0 Å². The van der Waals surface area contributed by atoms with Crippen molar-refractivity contribution in [2.45, 2.75) is 31.8 Å². The lowest BCUT2D eigenvalue weighted by Gasteiger charge is -2.13. The molecule has 0 atom stereocenters. The van der Waals surface area contributed by atoms with Crippen molar-refractivity contribution in [1.82, 2.24) is 0 Å². The Labute approximate surface area is 103 Å². The molecule has 1 aromatic rings. The second kappa shape index (κ2) is 5.40. The molecule has 0 bridgehead atoms. The van der Waals surface area contributed by atoms with E-state index in [1.165, 1.54) is 0 Å². The van der Waals surface area contributed by atoms with E-state index in [2.05, 4.69) is 0 Å². The fraction of sp³-hybridized carbons (Fsp3) is 0.500. The zero-order valence-corrected chi connectivity index (χ0v) is 11.3. The summed E-state index contributed by atoms with van der Waals surface area (Å²) in [5, 5.41) is -0.404. The number of benzene rings is 1. The molecule has 0 saturated heterocycles. The van der Waals surface area contributed by atoms with E-state index in [9.17, 15) is 8.42 Å². The molecular formula is C12H19NO3S. The standard InChI is InChI=1S/C12H19NO3S/c1-4-16-12-6-5-11(13)7-10(12)8-17(14,15)9(2)3/h5-7,9H,4,8,13H2,1-3H3. The van der Waals surface area contributed by atoms with Gasteiger partial charge in [0.15, 0.2) is 9.84 Å². The van der Waals surface area contributed by atoms with Gasteiger partial charge < -0.3 is 10.5 Å². The molecule has 0 aliphatic heterocycles. The highest BCUT2D eigenvalue weighted by atomic mass is 32.2. The van der Waals surface area contributed by atoms with E-state index in [0.29, 0.717) is 23.6 Å². The molecule has 0 spiro atoms.